The third kappa shape index (κ3) is 5.71. The van der Waals surface area contributed by atoms with Crippen LogP contribution in [0.15, 0.2) is 42.7 Å². The highest BCUT2D eigenvalue weighted by atomic mass is 16.1. The van der Waals surface area contributed by atoms with Gasteiger partial charge in [-0.2, -0.15) is 5.10 Å². The lowest BCUT2D eigenvalue weighted by atomic mass is 10.2. The molecule has 1 aliphatic heterocycles. The molecule has 0 radical (unpaired) electrons. The molecule has 0 saturated carbocycles. The molecule has 0 spiro atoms. The van der Waals surface area contributed by atoms with Crippen molar-refractivity contribution in [3.8, 4) is 0 Å². The van der Waals surface area contributed by atoms with E-state index in [0.717, 1.165) is 19.5 Å². The second-order valence-electron chi connectivity index (χ2n) is 6.78. The molecule has 134 valence electrons. The lowest BCUT2D eigenvalue weighted by Crippen LogP contribution is -2.30. The van der Waals surface area contributed by atoms with Gasteiger partial charge in [-0.05, 0) is 44.5 Å². The summed E-state index contributed by atoms with van der Waals surface area (Å²) in [6.45, 7) is 4.90. The van der Waals surface area contributed by atoms with E-state index in [9.17, 15) is 4.79 Å². The molecule has 2 aromatic rings. The van der Waals surface area contributed by atoms with E-state index in [2.05, 4.69) is 27.4 Å². The Morgan fingerprint density at radius 3 is 2.60 bits per heavy atom. The van der Waals surface area contributed by atoms with Gasteiger partial charge in [0.05, 0.1) is 18.3 Å². The predicted octanol–water partition coefficient (Wildman–Crippen LogP) is 2.93. The molecule has 5 heteroatoms. The number of amides is 1. The molecule has 1 N–H and O–H groups in total. The predicted molar refractivity (Wildman–Crippen MR) is 99.6 cm³/mol. The zero-order valence-electron chi connectivity index (χ0n) is 14.9. The van der Waals surface area contributed by atoms with Gasteiger partial charge in [0.15, 0.2) is 0 Å². The van der Waals surface area contributed by atoms with Crippen LogP contribution in [0, 0.1) is 0 Å². The number of carbonyl (C=O) groups excluding carboxylic acids is 1. The number of likely N-dealkylation sites (tertiary alicyclic amines) is 1. The van der Waals surface area contributed by atoms with Gasteiger partial charge in [0.2, 0.25) is 0 Å². The zero-order valence-corrected chi connectivity index (χ0v) is 14.9. The number of benzene rings is 1. The molecule has 1 aromatic heterocycles. The molecular formula is C20H28N4O. The fraction of sp³-hybridized carbons (Fsp3) is 0.500. The minimum absolute atomic E-state index is 0.0322. The van der Waals surface area contributed by atoms with Gasteiger partial charge in [0.1, 0.15) is 0 Å². The smallest absolute Gasteiger partial charge is 0.254 e. The van der Waals surface area contributed by atoms with Crippen LogP contribution < -0.4 is 5.32 Å². The average Bonchev–Trinajstić information content (AvgIpc) is 2.94. The van der Waals surface area contributed by atoms with Crippen molar-refractivity contribution in [2.24, 2.45) is 0 Å². The standard InChI is InChI=1S/C20H28N4O/c25-20(21-11-8-14-23-12-6-1-2-7-13-23)19-15-22-24(17-19)16-18-9-4-3-5-10-18/h3-5,9-10,15,17H,1-2,6-8,11-14,16H2,(H,21,25). The highest BCUT2D eigenvalue weighted by Crippen LogP contribution is 2.09. The van der Waals surface area contributed by atoms with Crippen molar-refractivity contribution in [1.82, 2.24) is 20.0 Å². The summed E-state index contributed by atoms with van der Waals surface area (Å²) in [7, 11) is 0. The van der Waals surface area contributed by atoms with Crippen molar-refractivity contribution in [1.29, 1.82) is 0 Å². The summed E-state index contributed by atoms with van der Waals surface area (Å²) in [5.41, 5.74) is 1.81. The van der Waals surface area contributed by atoms with E-state index in [1.165, 1.54) is 44.3 Å². The monoisotopic (exact) mass is 340 g/mol. The molecule has 0 aliphatic carbocycles. The lowest BCUT2D eigenvalue weighted by Gasteiger charge is -2.19. The number of rotatable bonds is 7. The molecule has 1 amide bonds. The maximum absolute atomic E-state index is 12.2. The molecule has 0 atom stereocenters. The Balaban J connectivity index is 1.39. The summed E-state index contributed by atoms with van der Waals surface area (Å²) in [5, 5.41) is 7.30. The first-order valence-electron chi connectivity index (χ1n) is 9.38. The summed E-state index contributed by atoms with van der Waals surface area (Å²) in [6.07, 6.45) is 9.81. The summed E-state index contributed by atoms with van der Waals surface area (Å²) in [6, 6.07) is 10.1. The quantitative estimate of drug-likeness (QED) is 0.789. The number of hydrogen-bond donors (Lipinski definition) is 1. The largest absolute Gasteiger partial charge is 0.352 e. The fourth-order valence-electron chi connectivity index (χ4n) is 3.30. The Kier molecular flexibility index (Phi) is 6.63. The highest BCUT2D eigenvalue weighted by molar-refractivity contribution is 5.93. The van der Waals surface area contributed by atoms with E-state index in [4.69, 9.17) is 0 Å². The van der Waals surface area contributed by atoms with Gasteiger partial charge >= 0.3 is 0 Å². The summed E-state index contributed by atoms with van der Waals surface area (Å²) < 4.78 is 1.81. The molecule has 1 saturated heterocycles. The van der Waals surface area contributed by atoms with Crippen molar-refractivity contribution in [3.05, 3.63) is 53.9 Å². The maximum atomic E-state index is 12.2. The van der Waals surface area contributed by atoms with Crippen molar-refractivity contribution in [2.45, 2.75) is 38.6 Å². The van der Waals surface area contributed by atoms with Crippen LogP contribution >= 0.6 is 0 Å². The van der Waals surface area contributed by atoms with E-state index < -0.39 is 0 Å². The highest BCUT2D eigenvalue weighted by Gasteiger charge is 2.10. The second-order valence-corrected chi connectivity index (χ2v) is 6.78. The molecular weight excluding hydrogens is 312 g/mol. The van der Waals surface area contributed by atoms with Crippen LogP contribution in [0.4, 0.5) is 0 Å². The van der Waals surface area contributed by atoms with Gasteiger partial charge in [-0.3, -0.25) is 9.48 Å². The number of hydrogen-bond acceptors (Lipinski definition) is 3. The van der Waals surface area contributed by atoms with E-state index in [1.807, 2.05) is 29.1 Å². The SMILES string of the molecule is O=C(NCCCN1CCCCCC1)c1cnn(Cc2ccccc2)c1. The van der Waals surface area contributed by atoms with Gasteiger partial charge in [-0.15, -0.1) is 0 Å². The fourth-order valence-corrected chi connectivity index (χ4v) is 3.30. The Hall–Kier alpha value is -2.14. The Morgan fingerprint density at radius 1 is 1.08 bits per heavy atom. The molecule has 1 aliphatic rings. The first-order chi connectivity index (χ1) is 12.3. The minimum Gasteiger partial charge on any atom is -0.352 e. The van der Waals surface area contributed by atoms with E-state index >= 15 is 0 Å². The third-order valence-corrected chi connectivity index (χ3v) is 4.72. The van der Waals surface area contributed by atoms with Gasteiger partial charge in [-0.1, -0.05) is 43.2 Å². The lowest BCUT2D eigenvalue weighted by molar-refractivity contribution is 0.0951. The summed E-state index contributed by atoms with van der Waals surface area (Å²) in [5.74, 6) is -0.0322. The average molecular weight is 340 g/mol. The number of nitrogens with one attached hydrogen (secondary N) is 1. The Bertz CT molecular complexity index is 645. The Morgan fingerprint density at radius 2 is 1.84 bits per heavy atom. The maximum Gasteiger partial charge on any atom is 0.254 e. The van der Waals surface area contributed by atoms with Crippen LogP contribution in [0.3, 0.4) is 0 Å². The third-order valence-electron chi connectivity index (χ3n) is 4.72. The normalized spacial score (nSPS) is 15.7. The van der Waals surface area contributed by atoms with Gasteiger partial charge in [0.25, 0.3) is 5.91 Å². The Labute approximate surface area is 150 Å². The van der Waals surface area contributed by atoms with Crippen molar-refractivity contribution < 1.29 is 4.79 Å². The van der Waals surface area contributed by atoms with Crippen LogP contribution in [0.2, 0.25) is 0 Å². The van der Waals surface area contributed by atoms with Crippen LogP contribution in [0.5, 0.6) is 0 Å². The minimum atomic E-state index is -0.0322. The van der Waals surface area contributed by atoms with E-state index in [1.54, 1.807) is 6.20 Å². The molecule has 3 rings (SSSR count). The molecule has 2 heterocycles. The van der Waals surface area contributed by atoms with E-state index in [-0.39, 0.29) is 5.91 Å². The molecule has 1 aromatic carbocycles. The van der Waals surface area contributed by atoms with Gasteiger partial charge < -0.3 is 10.2 Å². The molecule has 25 heavy (non-hydrogen) atoms. The van der Waals surface area contributed by atoms with Crippen LogP contribution in [0.25, 0.3) is 0 Å². The number of nitrogens with zero attached hydrogens (tertiary/aromatic N) is 3. The summed E-state index contributed by atoms with van der Waals surface area (Å²) >= 11 is 0. The van der Waals surface area contributed by atoms with Crippen molar-refractivity contribution in [3.63, 3.8) is 0 Å². The molecule has 0 bridgehead atoms. The first kappa shape index (κ1) is 17.7. The number of carbonyl (C=O) groups is 1. The van der Waals surface area contributed by atoms with Crippen LogP contribution in [-0.4, -0.2) is 46.8 Å². The number of aromatic nitrogens is 2. The topological polar surface area (TPSA) is 50.2 Å². The second kappa shape index (κ2) is 9.37. The molecule has 5 nitrogen and oxygen atoms in total. The van der Waals surface area contributed by atoms with Crippen LogP contribution in [0.1, 0.15) is 48.0 Å². The van der Waals surface area contributed by atoms with Crippen LogP contribution in [-0.2, 0) is 6.54 Å². The van der Waals surface area contributed by atoms with E-state index in [0.29, 0.717) is 12.1 Å². The summed E-state index contributed by atoms with van der Waals surface area (Å²) in [4.78, 5) is 14.8. The van der Waals surface area contributed by atoms with Crippen molar-refractivity contribution >= 4 is 5.91 Å². The van der Waals surface area contributed by atoms with Crippen molar-refractivity contribution in [2.75, 3.05) is 26.2 Å². The first-order valence-corrected chi connectivity index (χ1v) is 9.38. The van der Waals surface area contributed by atoms with Gasteiger partial charge in [0, 0.05) is 12.7 Å². The molecule has 0 unspecified atom stereocenters. The zero-order chi connectivity index (χ0) is 17.3. The molecule has 1 fully saturated rings. The van der Waals surface area contributed by atoms with Gasteiger partial charge in [-0.25, -0.2) is 0 Å².